The third-order valence-corrected chi connectivity index (χ3v) is 5.01. The molecule has 0 bridgehead atoms. The average Bonchev–Trinajstić information content (AvgIpc) is 3.23. The third kappa shape index (κ3) is 2.85. The number of carbonyl (C=O) groups is 1. The minimum absolute atomic E-state index is 0.0181. The van der Waals surface area contributed by atoms with Gasteiger partial charge in [-0.25, -0.2) is 4.98 Å². The third-order valence-electron chi connectivity index (χ3n) is 4.18. The zero-order valence-electron chi connectivity index (χ0n) is 13.3. The molecule has 3 aromatic rings. The molecular formula is C18H17N3O2S. The number of ether oxygens (including phenoxy) is 1. The second-order valence-electron chi connectivity index (χ2n) is 5.98. The number of amides is 1. The summed E-state index contributed by atoms with van der Waals surface area (Å²) in [5.41, 5.74) is 1.64. The van der Waals surface area contributed by atoms with E-state index in [1.54, 1.807) is 6.20 Å². The highest BCUT2D eigenvalue weighted by molar-refractivity contribution is 7.13. The molecule has 1 aliphatic heterocycles. The molecule has 2 aromatic heterocycles. The van der Waals surface area contributed by atoms with Crippen molar-refractivity contribution >= 4 is 27.5 Å². The molecule has 0 N–H and O–H groups in total. The lowest BCUT2D eigenvalue weighted by Crippen LogP contribution is -2.31. The number of aromatic nitrogens is 2. The number of benzene rings is 1. The van der Waals surface area contributed by atoms with Gasteiger partial charge >= 0.3 is 0 Å². The maximum absolute atomic E-state index is 12.8. The van der Waals surface area contributed by atoms with Gasteiger partial charge in [0.15, 0.2) is 0 Å². The minimum atomic E-state index is -0.0194. The molecule has 1 atom stereocenters. The molecule has 3 heterocycles. The summed E-state index contributed by atoms with van der Waals surface area (Å²) in [7, 11) is 0. The van der Waals surface area contributed by atoms with Crippen LogP contribution < -0.4 is 4.74 Å². The van der Waals surface area contributed by atoms with Crippen LogP contribution in [-0.2, 0) is 0 Å². The quantitative estimate of drug-likeness (QED) is 0.735. The number of hydrogen-bond acceptors (Lipinski definition) is 5. The Morgan fingerprint density at radius 1 is 1.29 bits per heavy atom. The van der Waals surface area contributed by atoms with E-state index in [1.165, 1.54) is 11.5 Å². The summed E-state index contributed by atoms with van der Waals surface area (Å²) >= 11 is 1.37. The molecule has 6 heteroatoms. The van der Waals surface area contributed by atoms with E-state index in [1.807, 2.05) is 48.2 Å². The largest absolute Gasteiger partial charge is 0.472 e. The highest BCUT2D eigenvalue weighted by Crippen LogP contribution is 2.25. The van der Waals surface area contributed by atoms with Gasteiger partial charge in [-0.05, 0) is 30.1 Å². The van der Waals surface area contributed by atoms with Crippen LogP contribution in [0.4, 0.5) is 0 Å². The average molecular weight is 339 g/mol. The summed E-state index contributed by atoms with van der Waals surface area (Å²) in [6, 6.07) is 11.7. The fourth-order valence-electron chi connectivity index (χ4n) is 2.89. The van der Waals surface area contributed by atoms with Crippen molar-refractivity contribution < 1.29 is 9.53 Å². The SMILES string of the molecule is Cc1ccc(OC2CCN(C(=O)c3nsc4ccccc34)C2)nc1. The Balaban J connectivity index is 1.46. The Hall–Kier alpha value is -2.47. The molecule has 1 unspecified atom stereocenters. The maximum atomic E-state index is 12.8. The van der Waals surface area contributed by atoms with E-state index in [0.29, 0.717) is 24.7 Å². The zero-order chi connectivity index (χ0) is 16.5. The van der Waals surface area contributed by atoms with Crippen LogP contribution >= 0.6 is 11.5 Å². The molecule has 1 amide bonds. The molecule has 1 saturated heterocycles. The number of pyridine rings is 1. The van der Waals surface area contributed by atoms with Crippen LogP contribution in [0.2, 0.25) is 0 Å². The lowest BCUT2D eigenvalue weighted by atomic mass is 10.2. The van der Waals surface area contributed by atoms with Gasteiger partial charge in [0.25, 0.3) is 5.91 Å². The first-order chi connectivity index (χ1) is 11.7. The fraction of sp³-hybridized carbons (Fsp3) is 0.278. The van der Waals surface area contributed by atoms with Crippen LogP contribution in [-0.4, -0.2) is 39.4 Å². The Morgan fingerprint density at radius 3 is 3.00 bits per heavy atom. The van der Waals surface area contributed by atoms with Crippen LogP contribution in [0.25, 0.3) is 10.1 Å². The molecule has 0 saturated carbocycles. The van der Waals surface area contributed by atoms with Gasteiger partial charge in [-0.2, -0.15) is 4.37 Å². The van der Waals surface area contributed by atoms with E-state index < -0.39 is 0 Å². The zero-order valence-corrected chi connectivity index (χ0v) is 14.1. The highest BCUT2D eigenvalue weighted by atomic mass is 32.1. The van der Waals surface area contributed by atoms with Crippen molar-refractivity contribution in [1.82, 2.24) is 14.3 Å². The van der Waals surface area contributed by atoms with Crippen molar-refractivity contribution in [3.8, 4) is 5.88 Å². The number of fused-ring (bicyclic) bond motifs is 1. The second kappa shape index (κ2) is 6.20. The first-order valence-corrected chi connectivity index (χ1v) is 8.71. The predicted octanol–water partition coefficient (Wildman–Crippen LogP) is 3.29. The van der Waals surface area contributed by atoms with Gasteiger partial charge in [-0.1, -0.05) is 24.3 Å². The van der Waals surface area contributed by atoms with Gasteiger partial charge in [0, 0.05) is 30.6 Å². The van der Waals surface area contributed by atoms with Crippen molar-refractivity contribution in [2.45, 2.75) is 19.4 Å². The minimum Gasteiger partial charge on any atom is -0.472 e. The first-order valence-electron chi connectivity index (χ1n) is 7.94. The molecule has 0 spiro atoms. The number of hydrogen-bond donors (Lipinski definition) is 0. The van der Waals surface area contributed by atoms with Crippen molar-refractivity contribution in [3.05, 3.63) is 53.9 Å². The lowest BCUT2D eigenvalue weighted by molar-refractivity contribution is 0.0768. The predicted molar refractivity (Wildman–Crippen MR) is 93.5 cm³/mol. The van der Waals surface area contributed by atoms with E-state index in [2.05, 4.69) is 9.36 Å². The molecule has 0 radical (unpaired) electrons. The smallest absolute Gasteiger partial charge is 0.274 e. The topological polar surface area (TPSA) is 55.3 Å². The van der Waals surface area contributed by atoms with Gasteiger partial charge in [0.05, 0.1) is 11.2 Å². The molecule has 1 aromatic carbocycles. The van der Waals surface area contributed by atoms with Crippen molar-refractivity contribution in [1.29, 1.82) is 0 Å². The lowest BCUT2D eigenvalue weighted by Gasteiger charge is -2.16. The summed E-state index contributed by atoms with van der Waals surface area (Å²) in [6.07, 6.45) is 2.58. The number of nitrogens with zero attached hydrogens (tertiary/aromatic N) is 3. The summed E-state index contributed by atoms with van der Waals surface area (Å²) in [5.74, 6) is 0.592. The maximum Gasteiger partial charge on any atom is 0.274 e. The van der Waals surface area contributed by atoms with E-state index in [-0.39, 0.29) is 12.0 Å². The normalized spacial score (nSPS) is 17.4. The fourth-order valence-corrected chi connectivity index (χ4v) is 3.66. The van der Waals surface area contributed by atoms with Crippen molar-refractivity contribution in [3.63, 3.8) is 0 Å². The second-order valence-corrected chi connectivity index (χ2v) is 6.79. The van der Waals surface area contributed by atoms with Crippen LogP contribution in [0.3, 0.4) is 0 Å². The summed E-state index contributed by atoms with van der Waals surface area (Å²) < 4.78 is 11.3. The number of aryl methyl sites for hydroxylation is 1. The number of likely N-dealkylation sites (tertiary alicyclic amines) is 1. The Bertz CT molecular complexity index is 875. The van der Waals surface area contributed by atoms with E-state index in [0.717, 1.165) is 22.1 Å². The number of rotatable bonds is 3. The van der Waals surface area contributed by atoms with E-state index >= 15 is 0 Å². The Labute approximate surface area is 144 Å². The highest BCUT2D eigenvalue weighted by Gasteiger charge is 2.30. The molecule has 5 nitrogen and oxygen atoms in total. The molecule has 24 heavy (non-hydrogen) atoms. The first kappa shape index (κ1) is 15.1. The van der Waals surface area contributed by atoms with Gasteiger partial charge in [-0.3, -0.25) is 4.79 Å². The van der Waals surface area contributed by atoms with Crippen LogP contribution in [0.5, 0.6) is 5.88 Å². The van der Waals surface area contributed by atoms with Gasteiger partial charge in [0.2, 0.25) is 5.88 Å². The Kier molecular flexibility index (Phi) is 3.90. The molecule has 4 rings (SSSR count). The van der Waals surface area contributed by atoms with Crippen LogP contribution in [0, 0.1) is 6.92 Å². The van der Waals surface area contributed by atoms with E-state index in [4.69, 9.17) is 4.74 Å². The molecule has 122 valence electrons. The molecular weight excluding hydrogens is 322 g/mol. The monoisotopic (exact) mass is 339 g/mol. The van der Waals surface area contributed by atoms with Crippen molar-refractivity contribution in [2.24, 2.45) is 0 Å². The van der Waals surface area contributed by atoms with Crippen LogP contribution in [0.1, 0.15) is 22.5 Å². The van der Waals surface area contributed by atoms with Gasteiger partial charge < -0.3 is 9.64 Å². The Morgan fingerprint density at radius 2 is 2.17 bits per heavy atom. The summed E-state index contributed by atoms with van der Waals surface area (Å²) in [6.45, 7) is 3.24. The van der Waals surface area contributed by atoms with Gasteiger partial charge in [0.1, 0.15) is 11.8 Å². The van der Waals surface area contributed by atoms with Crippen molar-refractivity contribution in [2.75, 3.05) is 13.1 Å². The molecule has 0 aliphatic carbocycles. The summed E-state index contributed by atoms with van der Waals surface area (Å²) in [4.78, 5) is 18.8. The molecule has 1 fully saturated rings. The number of carbonyl (C=O) groups excluding carboxylic acids is 1. The van der Waals surface area contributed by atoms with Gasteiger partial charge in [-0.15, -0.1) is 0 Å². The summed E-state index contributed by atoms with van der Waals surface area (Å²) in [5, 5.41) is 0.928. The standard InChI is InChI=1S/C18H17N3O2S/c1-12-6-7-16(19-10-12)23-13-8-9-21(11-13)18(22)17-14-4-2-3-5-15(14)24-20-17/h2-7,10,13H,8-9,11H2,1H3. The van der Waals surface area contributed by atoms with E-state index in [9.17, 15) is 4.79 Å². The van der Waals surface area contributed by atoms with Crippen LogP contribution in [0.15, 0.2) is 42.6 Å². The molecule has 1 aliphatic rings.